The zero-order chi connectivity index (χ0) is 14.1. The zero-order valence-corrected chi connectivity index (χ0v) is 12.4. The van der Waals surface area contributed by atoms with E-state index in [0.717, 1.165) is 56.8 Å². The average molecular weight is 298 g/mol. The minimum Gasteiger partial charge on any atom is -0.469 e. The van der Waals surface area contributed by atoms with Gasteiger partial charge in [-0.25, -0.2) is 4.98 Å². The molecule has 6 heteroatoms. The van der Waals surface area contributed by atoms with Gasteiger partial charge in [0.25, 0.3) is 0 Å². The van der Waals surface area contributed by atoms with Crippen molar-refractivity contribution in [1.82, 2.24) is 14.9 Å². The van der Waals surface area contributed by atoms with Gasteiger partial charge in [-0.2, -0.15) is 0 Å². The SMILES string of the molecule is COC(=O)C1CCCn2c(C3CCNCC3)nc(Cl)c21. The van der Waals surface area contributed by atoms with Gasteiger partial charge in [0.1, 0.15) is 11.7 Å². The number of carbonyl (C=O) groups is 1. The Morgan fingerprint density at radius 1 is 1.40 bits per heavy atom. The summed E-state index contributed by atoms with van der Waals surface area (Å²) in [4.78, 5) is 16.5. The molecule has 0 amide bonds. The molecule has 0 aromatic carbocycles. The fourth-order valence-electron chi connectivity index (χ4n) is 3.37. The third kappa shape index (κ3) is 2.33. The van der Waals surface area contributed by atoms with Crippen molar-refractivity contribution in [2.24, 2.45) is 0 Å². The summed E-state index contributed by atoms with van der Waals surface area (Å²) in [6.07, 6.45) is 3.92. The molecule has 5 nitrogen and oxygen atoms in total. The number of carbonyl (C=O) groups excluding carboxylic acids is 1. The van der Waals surface area contributed by atoms with E-state index in [1.807, 2.05) is 0 Å². The second-order valence-electron chi connectivity index (χ2n) is 5.54. The Labute approximate surface area is 123 Å². The van der Waals surface area contributed by atoms with E-state index in [1.165, 1.54) is 7.11 Å². The number of nitrogens with zero attached hydrogens (tertiary/aromatic N) is 2. The van der Waals surface area contributed by atoms with Crippen LogP contribution in [0.25, 0.3) is 0 Å². The van der Waals surface area contributed by atoms with Crippen molar-refractivity contribution in [3.05, 3.63) is 16.7 Å². The molecule has 2 aliphatic heterocycles. The molecule has 1 aromatic heterocycles. The quantitative estimate of drug-likeness (QED) is 0.849. The molecule has 0 spiro atoms. The topological polar surface area (TPSA) is 56.1 Å². The van der Waals surface area contributed by atoms with Crippen molar-refractivity contribution in [1.29, 1.82) is 0 Å². The Bertz CT molecular complexity index is 509. The standard InChI is InChI=1S/C14H20ClN3O2/c1-20-14(19)10-3-2-8-18-11(10)12(15)17-13(18)9-4-6-16-7-5-9/h9-10,16H,2-8H2,1H3. The number of halogens is 1. The second-order valence-corrected chi connectivity index (χ2v) is 5.90. The average Bonchev–Trinajstić information content (AvgIpc) is 2.85. The first kappa shape index (κ1) is 13.9. The maximum absolute atomic E-state index is 11.9. The lowest BCUT2D eigenvalue weighted by Gasteiger charge is -2.27. The van der Waals surface area contributed by atoms with Gasteiger partial charge in [-0.3, -0.25) is 4.79 Å². The highest BCUT2D eigenvalue weighted by molar-refractivity contribution is 6.30. The van der Waals surface area contributed by atoms with Gasteiger partial charge in [-0.15, -0.1) is 0 Å². The third-order valence-corrected chi connectivity index (χ3v) is 4.66. The van der Waals surface area contributed by atoms with E-state index < -0.39 is 0 Å². The Balaban J connectivity index is 1.97. The molecule has 1 fully saturated rings. The summed E-state index contributed by atoms with van der Waals surface area (Å²) in [5.41, 5.74) is 0.860. The molecule has 1 saturated heterocycles. The number of aromatic nitrogens is 2. The number of hydrogen-bond donors (Lipinski definition) is 1. The van der Waals surface area contributed by atoms with Gasteiger partial charge in [-0.05, 0) is 38.8 Å². The van der Waals surface area contributed by atoms with Crippen LogP contribution in [0.15, 0.2) is 0 Å². The van der Waals surface area contributed by atoms with Crippen molar-refractivity contribution in [3.63, 3.8) is 0 Å². The summed E-state index contributed by atoms with van der Waals surface area (Å²) in [5.74, 6) is 1.04. The van der Waals surface area contributed by atoms with Crippen molar-refractivity contribution < 1.29 is 9.53 Å². The summed E-state index contributed by atoms with van der Waals surface area (Å²) in [7, 11) is 1.43. The van der Waals surface area contributed by atoms with Gasteiger partial charge < -0.3 is 14.6 Å². The van der Waals surface area contributed by atoms with E-state index in [1.54, 1.807) is 0 Å². The monoisotopic (exact) mass is 297 g/mol. The number of nitrogens with one attached hydrogen (secondary N) is 1. The van der Waals surface area contributed by atoms with Crippen molar-refractivity contribution >= 4 is 17.6 Å². The van der Waals surface area contributed by atoms with Gasteiger partial charge in [-0.1, -0.05) is 11.6 Å². The number of fused-ring (bicyclic) bond motifs is 1. The molecular weight excluding hydrogens is 278 g/mol. The number of hydrogen-bond acceptors (Lipinski definition) is 4. The highest BCUT2D eigenvalue weighted by atomic mass is 35.5. The van der Waals surface area contributed by atoms with Crippen LogP contribution in [-0.2, 0) is 16.1 Å². The lowest BCUT2D eigenvalue weighted by Crippen LogP contribution is -2.29. The molecule has 2 aliphatic rings. The Morgan fingerprint density at radius 2 is 2.15 bits per heavy atom. The summed E-state index contributed by atoms with van der Waals surface area (Å²) < 4.78 is 7.08. The van der Waals surface area contributed by atoms with Gasteiger partial charge in [0.2, 0.25) is 0 Å². The summed E-state index contributed by atoms with van der Waals surface area (Å²) in [5, 5.41) is 3.84. The zero-order valence-electron chi connectivity index (χ0n) is 11.7. The highest BCUT2D eigenvalue weighted by Crippen LogP contribution is 2.37. The number of ether oxygens (including phenoxy) is 1. The summed E-state index contributed by atoms with van der Waals surface area (Å²) in [6.45, 7) is 2.94. The fraction of sp³-hybridized carbons (Fsp3) is 0.714. The second kappa shape index (κ2) is 5.74. The molecular formula is C14H20ClN3O2. The van der Waals surface area contributed by atoms with E-state index >= 15 is 0 Å². The largest absolute Gasteiger partial charge is 0.469 e. The molecule has 1 unspecified atom stereocenters. The van der Waals surface area contributed by atoms with E-state index in [-0.39, 0.29) is 11.9 Å². The van der Waals surface area contributed by atoms with Gasteiger partial charge in [0, 0.05) is 12.5 Å². The van der Waals surface area contributed by atoms with Crippen LogP contribution in [0.2, 0.25) is 5.15 Å². The maximum atomic E-state index is 11.9. The Kier molecular flexibility index (Phi) is 3.98. The number of imidazole rings is 1. The van der Waals surface area contributed by atoms with Crippen LogP contribution in [-0.4, -0.2) is 35.7 Å². The van der Waals surface area contributed by atoms with Crippen LogP contribution in [0.5, 0.6) is 0 Å². The molecule has 110 valence electrons. The highest BCUT2D eigenvalue weighted by Gasteiger charge is 2.34. The smallest absolute Gasteiger partial charge is 0.314 e. The molecule has 0 radical (unpaired) electrons. The summed E-state index contributed by atoms with van der Waals surface area (Å²) in [6, 6.07) is 0. The fourth-order valence-corrected chi connectivity index (χ4v) is 3.69. The molecule has 3 heterocycles. The van der Waals surface area contributed by atoms with Gasteiger partial charge >= 0.3 is 5.97 Å². The molecule has 0 saturated carbocycles. The molecule has 1 N–H and O–H groups in total. The minimum atomic E-state index is -0.260. The third-order valence-electron chi connectivity index (χ3n) is 4.39. The van der Waals surface area contributed by atoms with Crippen molar-refractivity contribution in [2.45, 2.75) is 44.1 Å². The van der Waals surface area contributed by atoms with Crippen molar-refractivity contribution in [2.75, 3.05) is 20.2 Å². The molecule has 3 rings (SSSR count). The lowest BCUT2D eigenvalue weighted by molar-refractivity contribution is -0.143. The van der Waals surface area contributed by atoms with Gasteiger partial charge in [0.15, 0.2) is 5.15 Å². The Hall–Kier alpha value is -1.07. The van der Waals surface area contributed by atoms with Crippen LogP contribution >= 0.6 is 11.6 Å². The lowest BCUT2D eigenvalue weighted by atomic mass is 9.94. The van der Waals surface area contributed by atoms with E-state index in [4.69, 9.17) is 16.3 Å². The van der Waals surface area contributed by atoms with Crippen LogP contribution in [0.1, 0.15) is 49.0 Å². The number of methoxy groups -OCH3 is 1. The molecule has 1 atom stereocenters. The number of esters is 1. The van der Waals surface area contributed by atoms with E-state index in [0.29, 0.717) is 11.1 Å². The van der Waals surface area contributed by atoms with Crippen LogP contribution in [0.3, 0.4) is 0 Å². The predicted molar refractivity (Wildman–Crippen MR) is 76.1 cm³/mol. The van der Waals surface area contributed by atoms with E-state index in [9.17, 15) is 4.79 Å². The maximum Gasteiger partial charge on any atom is 0.314 e. The molecule has 0 bridgehead atoms. The molecule has 20 heavy (non-hydrogen) atoms. The van der Waals surface area contributed by atoms with Gasteiger partial charge in [0.05, 0.1) is 12.8 Å². The number of rotatable bonds is 2. The van der Waals surface area contributed by atoms with Crippen LogP contribution in [0.4, 0.5) is 0 Å². The minimum absolute atomic E-state index is 0.204. The molecule has 0 aliphatic carbocycles. The van der Waals surface area contributed by atoms with E-state index in [2.05, 4.69) is 14.9 Å². The normalized spacial score (nSPS) is 23.4. The summed E-state index contributed by atoms with van der Waals surface area (Å²) >= 11 is 6.32. The molecule has 1 aromatic rings. The first-order valence-corrected chi connectivity index (χ1v) is 7.64. The van der Waals surface area contributed by atoms with Crippen LogP contribution < -0.4 is 5.32 Å². The Morgan fingerprint density at radius 3 is 2.85 bits per heavy atom. The van der Waals surface area contributed by atoms with Crippen LogP contribution in [0, 0.1) is 0 Å². The first-order chi connectivity index (χ1) is 9.72. The van der Waals surface area contributed by atoms with Crippen molar-refractivity contribution in [3.8, 4) is 0 Å². The predicted octanol–water partition coefficient (Wildman–Crippen LogP) is 2.05. The number of piperidine rings is 1. The first-order valence-electron chi connectivity index (χ1n) is 7.26.